The number of aromatic nitrogens is 2. The molecule has 0 aromatic carbocycles. The van der Waals surface area contributed by atoms with Gasteiger partial charge in [0.15, 0.2) is 5.82 Å². The highest BCUT2D eigenvalue weighted by Gasteiger charge is 2.12. The number of pyridine rings is 2. The van der Waals surface area contributed by atoms with E-state index in [2.05, 4.69) is 15.4 Å². The average Bonchev–Trinajstić information content (AvgIpc) is 2.38. The van der Waals surface area contributed by atoms with E-state index in [4.69, 9.17) is 22.2 Å². The van der Waals surface area contributed by atoms with Crippen molar-refractivity contribution in [2.75, 3.05) is 5.43 Å². The van der Waals surface area contributed by atoms with Crippen molar-refractivity contribution in [2.24, 2.45) is 5.84 Å². The van der Waals surface area contributed by atoms with Crippen LogP contribution < -0.4 is 16.0 Å². The summed E-state index contributed by atoms with van der Waals surface area (Å²) in [5.41, 5.74) is 2.02. The van der Waals surface area contributed by atoms with Gasteiger partial charge in [0.1, 0.15) is 5.75 Å². The van der Waals surface area contributed by atoms with Crippen molar-refractivity contribution in [3.63, 3.8) is 0 Å². The molecule has 0 unspecified atom stereocenters. The van der Waals surface area contributed by atoms with E-state index >= 15 is 0 Å². The van der Waals surface area contributed by atoms with Crippen molar-refractivity contribution >= 4 is 23.1 Å². The number of nitrogens with one attached hydrogen (secondary N) is 1. The summed E-state index contributed by atoms with van der Waals surface area (Å²) in [6.07, 6.45) is 2.84. The number of anilines is 1. The molecule has 98 valence electrons. The van der Waals surface area contributed by atoms with Gasteiger partial charge in [-0.3, -0.25) is 15.1 Å². The Morgan fingerprint density at radius 2 is 2.16 bits per heavy atom. The van der Waals surface area contributed by atoms with Gasteiger partial charge in [-0.1, -0.05) is 11.6 Å². The Bertz CT molecular complexity index is 622. The number of halogens is 1. The van der Waals surface area contributed by atoms with Crippen LogP contribution in [0.4, 0.5) is 11.5 Å². The van der Waals surface area contributed by atoms with Crippen LogP contribution in [-0.4, -0.2) is 14.9 Å². The molecule has 8 nitrogen and oxygen atoms in total. The van der Waals surface area contributed by atoms with Gasteiger partial charge in [-0.25, -0.2) is 5.84 Å². The molecule has 0 amide bonds. The maximum absolute atomic E-state index is 10.7. The van der Waals surface area contributed by atoms with Gasteiger partial charge < -0.3 is 10.2 Å². The first-order chi connectivity index (χ1) is 9.08. The largest absolute Gasteiger partial charge is 0.437 e. The maximum Gasteiger partial charge on any atom is 0.278 e. The summed E-state index contributed by atoms with van der Waals surface area (Å²) in [6.45, 7) is 0. The van der Waals surface area contributed by atoms with Gasteiger partial charge in [-0.2, -0.15) is 4.98 Å². The van der Waals surface area contributed by atoms with E-state index in [0.717, 1.165) is 0 Å². The molecule has 0 aliphatic heterocycles. The molecule has 0 aliphatic carbocycles. The Kier molecular flexibility index (Phi) is 3.74. The maximum atomic E-state index is 10.7. The van der Waals surface area contributed by atoms with Crippen LogP contribution in [-0.2, 0) is 0 Å². The number of ether oxygens (including phenoxy) is 1. The molecular formula is C10H8ClN5O3. The zero-order chi connectivity index (χ0) is 13.8. The van der Waals surface area contributed by atoms with Gasteiger partial charge in [0, 0.05) is 12.3 Å². The van der Waals surface area contributed by atoms with E-state index in [1.807, 2.05) is 0 Å². The second-order valence-corrected chi connectivity index (χ2v) is 3.83. The third-order valence-corrected chi connectivity index (χ3v) is 2.25. The van der Waals surface area contributed by atoms with Crippen LogP contribution in [0.25, 0.3) is 0 Å². The lowest BCUT2D eigenvalue weighted by molar-refractivity contribution is -0.384. The number of hydrazine groups is 1. The fourth-order valence-corrected chi connectivity index (χ4v) is 1.46. The van der Waals surface area contributed by atoms with Crippen LogP contribution in [0, 0.1) is 10.1 Å². The summed E-state index contributed by atoms with van der Waals surface area (Å²) in [5, 5.41) is 11.1. The highest BCUT2D eigenvalue weighted by molar-refractivity contribution is 6.30. The summed E-state index contributed by atoms with van der Waals surface area (Å²) in [7, 11) is 0. The van der Waals surface area contributed by atoms with Crippen LogP contribution in [0.1, 0.15) is 0 Å². The number of hydrogen-bond donors (Lipinski definition) is 2. The van der Waals surface area contributed by atoms with Crippen molar-refractivity contribution in [2.45, 2.75) is 0 Å². The summed E-state index contributed by atoms with van der Waals surface area (Å²) >= 11 is 5.75. The average molecular weight is 282 g/mol. The molecule has 0 saturated carbocycles. The molecule has 0 spiro atoms. The quantitative estimate of drug-likeness (QED) is 0.501. The van der Waals surface area contributed by atoms with E-state index in [0.29, 0.717) is 10.8 Å². The third kappa shape index (κ3) is 3.27. The molecule has 0 bridgehead atoms. The first kappa shape index (κ1) is 13.0. The Morgan fingerprint density at radius 1 is 1.37 bits per heavy atom. The summed E-state index contributed by atoms with van der Waals surface area (Å²) in [4.78, 5) is 17.9. The molecule has 0 radical (unpaired) electrons. The first-order valence-electron chi connectivity index (χ1n) is 5.00. The number of nitro groups is 1. The lowest BCUT2D eigenvalue weighted by Crippen LogP contribution is -2.09. The molecule has 2 aromatic rings. The number of hydrogen-bond acceptors (Lipinski definition) is 7. The van der Waals surface area contributed by atoms with Crippen molar-refractivity contribution in [3.8, 4) is 11.6 Å². The Labute approximate surface area is 112 Å². The summed E-state index contributed by atoms with van der Waals surface area (Å²) in [6, 6.07) is 3.86. The molecule has 0 fully saturated rings. The Hall–Kier alpha value is -2.45. The molecule has 2 heterocycles. The van der Waals surface area contributed by atoms with Crippen LogP contribution in [0.5, 0.6) is 11.6 Å². The molecule has 2 rings (SSSR count). The van der Waals surface area contributed by atoms with Gasteiger partial charge >= 0.3 is 0 Å². The number of nitrogens with two attached hydrogens (primary N) is 1. The molecular weight excluding hydrogens is 274 g/mol. The standard InChI is InChI=1S/C10H8ClN5O3/c11-6-1-8(5-13-4-6)19-10-3-7(16(17)18)2-9(14-10)15-12/h1-5H,12H2,(H,14,15). The molecule has 0 atom stereocenters. The monoisotopic (exact) mass is 281 g/mol. The van der Waals surface area contributed by atoms with Crippen molar-refractivity contribution < 1.29 is 9.66 Å². The first-order valence-corrected chi connectivity index (χ1v) is 5.38. The highest BCUT2D eigenvalue weighted by Crippen LogP contribution is 2.26. The van der Waals surface area contributed by atoms with E-state index < -0.39 is 4.92 Å². The van der Waals surface area contributed by atoms with Crippen LogP contribution in [0.15, 0.2) is 30.6 Å². The minimum Gasteiger partial charge on any atom is -0.437 e. The van der Waals surface area contributed by atoms with Crippen LogP contribution in [0.2, 0.25) is 5.02 Å². The van der Waals surface area contributed by atoms with E-state index in [9.17, 15) is 10.1 Å². The predicted octanol–water partition coefficient (Wildman–Crippen LogP) is 2.12. The predicted molar refractivity (Wildman–Crippen MR) is 68.0 cm³/mol. The Morgan fingerprint density at radius 3 is 2.79 bits per heavy atom. The molecule has 0 aliphatic rings. The van der Waals surface area contributed by atoms with Crippen LogP contribution in [0.3, 0.4) is 0 Å². The number of rotatable bonds is 4. The zero-order valence-electron chi connectivity index (χ0n) is 9.41. The van der Waals surface area contributed by atoms with Gasteiger partial charge in [-0.15, -0.1) is 0 Å². The van der Waals surface area contributed by atoms with Crippen LogP contribution >= 0.6 is 11.6 Å². The summed E-state index contributed by atoms with van der Waals surface area (Å²) in [5.74, 6) is 5.61. The number of nitrogens with zero attached hydrogens (tertiary/aromatic N) is 3. The molecule has 2 aromatic heterocycles. The smallest absolute Gasteiger partial charge is 0.278 e. The summed E-state index contributed by atoms with van der Waals surface area (Å²) < 4.78 is 5.33. The minimum atomic E-state index is -0.578. The highest BCUT2D eigenvalue weighted by atomic mass is 35.5. The van der Waals surface area contributed by atoms with E-state index in [1.165, 1.54) is 30.6 Å². The second-order valence-electron chi connectivity index (χ2n) is 3.39. The van der Waals surface area contributed by atoms with Crippen molar-refractivity contribution in [3.05, 3.63) is 45.7 Å². The van der Waals surface area contributed by atoms with Gasteiger partial charge in [-0.05, 0) is 0 Å². The lowest BCUT2D eigenvalue weighted by Gasteiger charge is -2.06. The van der Waals surface area contributed by atoms with Gasteiger partial charge in [0.2, 0.25) is 5.88 Å². The zero-order valence-corrected chi connectivity index (χ0v) is 10.2. The fraction of sp³-hybridized carbons (Fsp3) is 0. The van der Waals surface area contributed by atoms with E-state index in [1.54, 1.807) is 0 Å². The molecule has 0 saturated heterocycles. The minimum absolute atomic E-state index is 0.00576. The normalized spacial score (nSPS) is 10.0. The Balaban J connectivity index is 2.34. The third-order valence-electron chi connectivity index (χ3n) is 2.05. The topological polar surface area (TPSA) is 116 Å². The fourth-order valence-electron chi connectivity index (χ4n) is 1.29. The van der Waals surface area contributed by atoms with Gasteiger partial charge in [0.05, 0.1) is 28.3 Å². The number of nitrogen functional groups attached to an aromatic ring is 1. The molecule has 19 heavy (non-hydrogen) atoms. The van der Waals surface area contributed by atoms with E-state index in [-0.39, 0.29) is 17.4 Å². The lowest BCUT2D eigenvalue weighted by atomic mass is 10.4. The second kappa shape index (κ2) is 5.46. The molecule has 9 heteroatoms. The SMILES string of the molecule is NNc1cc([N+](=O)[O-])cc(Oc2cncc(Cl)c2)n1. The molecule has 3 N–H and O–H groups in total. The van der Waals surface area contributed by atoms with Gasteiger partial charge in [0.25, 0.3) is 5.69 Å². The van der Waals surface area contributed by atoms with Crippen molar-refractivity contribution in [1.82, 2.24) is 9.97 Å². The van der Waals surface area contributed by atoms with Crippen molar-refractivity contribution in [1.29, 1.82) is 0 Å².